The fourth-order valence-corrected chi connectivity index (χ4v) is 4.53. The molecule has 11 heteroatoms. The molecule has 32 heavy (non-hydrogen) atoms. The minimum atomic E-state index is -3.65. The Bertz CT molecular complexity index is 1230. The lowest BCUT2D eigenvalue weighted by Crippen LogP contribution is -2.30. The van der Waals surface area contributed by atoms with E-state index in [-0.39, 0.29) is 18.2 Å². The van der Waals surface area contributed by atoms with E-state index < -0.39 is 15.8 Å². The van der Waals surface area contributed by atoms with Crippen molar-refractivity contribution in [1.82, 2.24) is 14.8 Å². The van der Waals surface area contributed by atoms with Crippen molar-refractivity contribution in [1.29, 1.82) is 0 Å². The zero-order chi connectivity index (χ0) is 23.5. The molecule has 0 radical (unpaired) electrons. The van der Waals surface area contributed by atoms with Gasteiger partial charge in [0.05, 0.1) is 24.2 Å². The van der Waals surface area contributed by atoms with Crippen molar-refractivity contribution in [2.45, 2.75) is 25.5 Å². The minimum Gasteiger partial charge on any atom is -0.325 e. The van der Waals surface area contributed by atoms with Gasteiger partial charge in [0.2, 0.25) is 15.9 Å². The predicted octanol–water partition coefficient (Wildman–Crippen LogP) is 3.27. The highest BCUT2D eigenvalue weighted by atomic mass is 32.2. The minimum absolute atomic E-state index is 0.0801. The third-order valence-corrected chi connectivity index (χ3v) is 7.10. The molecule has 0 aliphatic rings. The molecular formula is C21H24FN5O3S2. The number of anilines is 2. The second kappa shape index (κ2) is 9.70. The maximum atomic E-state index is 13.2. The van der Waals surface area contributed by atoms with Crippen LogP contribution in [0.4, 0.5) is 15.8 Å². The molecule has 0 aliphatic carbocycles. The van der Waals surface area contributed by atoms with Crippen molar-refractivity contribution in [3.8, 4) is 0 Å². The van der Waals surface area contributed by atoms with Crippen LogP contribution >= 0.6 is 11.8 Å². The van der Waals surface area contributed by atoms with E-state index in [2.05, 4.69) is 15.5 Å². The molecule has 0 atom stereocenters. The van der Waals surface area contributed by atoms with Crippen LogP contribution in [0.15, 0.2) is 47.6 Å². The largest absolute Gasteiger partial charge is 0.325 e. The van der Waals surface area contributed by atoms with Crippen molar-refractivity contribution in [3.05, 3.63) is 65.2 Å². The van der Waals surface area contributed by atoms with Crippen LogP contribution in [0.1, 0.15) is 17.0 Å². The van der Waals surface area contributed by atoms with E-state index in [4.69, 9.17) is 0 Å². The van der Waals surface area contributed by atoms with Gasteiger partial charge in [0, 0.05) is 12.7 Å². The molecule has 1 aromatic heterocycles. The summed E-state index contributed by atoms with van der Waals surface area (Å²) in [4.78, 5) is 12.4. The SMILES string of the molecule is Cc1cccc(NC(=O)CSc2nnc(CN(c3ccc(F)cc3)S(C)(=O)=O)n2C)c1C. The average Bonchev–Trinajstić information content (AvgIpc) is 3.07. The highest BCUT2D eigenvalue weighted by molar-refractivity contribution is 7.99. The lowest BCUT2D eigenvalue weighted by molar-refractivity contribution is -0.113. The number of thioether (sulfide) groups is 1. The number of carbonyl (C=O) groups excluding carboxylic acids is 1. The van der Waals surface area contributed by atoms with Crippen molar-refractivity contribution >= 4 is 39.1 Å². The first-order valence-corrected chi connectivity index (χ1v) is 12.5. The summed E-state index contributed by atoms with van der Waals surface area (Å²) in [6.07, 6.45) is 1.07. The standard InChI is InChI=1S/C21H24FN5O3S2/c1-14-6-5-7-18(15(14)2)23-20(28)13-31-21-25-24-19(26(21)3)12-27(32(4,29)30)17-10-8-16(22)9-11-17/h5-11H,12-13H2,1-4H3,(H,23,28). The third-order valence-electron chi connectivity index (χ3n) is 4.94. The van der Waals surface area contributed by atoms with Gasteiger partial charge in [-0.15, -0.1) is 10.2 Å². The second-order valence-corrected chi connectivity index (χ2v) is 10.1. The number of hydrogen-bond donors (Lipinski definition) is 1. The number of nitrogens with one attached hydrogen (secondary N) is 1. The molecule has 170 valence electrons. The third kappa shape index (κ3) is 5.65. The number of aromatic nitrogens is 3. The van der Waals surface area contributed by atoms with E-state index in [0.717, 1.165) is 27.4 Å². The summed E-state index contributed by atoms with van der Waals surface area (Å²) in [5.41, 5.74) is 3.18. The lowest BCUT2D eigenvalue weighted by atomic mass is 10.1. The Morgan fingerprint density at radius 1 is 1.16 bits per heavy atom. The summed E-state index contributed by atoms with van der Waals surface area (Å²) in [6.45, 7) is 3.84. The Labute approximate surface area is 190 Å². The first kappa shape index (κ1) is 23.7. The van der Waals surface area contributed by atoms with E-state index >= 15 is 0 Å². The fraction of sp³-hybridized carbons (Fsp3) is 0.286. The topological polar surface area (TPSA) is 97.2 Å². The quantitative estimate of drug-likeness (QED) is 0.500. The van der Waals surface area contributed by atoms with Gasteiger partial charge in [0.15, 0.2) is 11.0 Å². The van der Waals surface area contributed by atoms with Gasteiger partial charge < -0.3 is 9.88 Å². The number of halogens is 1. The van der Waals surface area contributed by atoms with Crippen molar-refractivity contribution in [2.75, 3.05) is 21.6 Å². The van der Waals surface area contributed by atoms with Crippen LogP contribution in [0.25, 0.3) is 0 Å². The molecular weight excluding hydrogens is 453 g/mol. The van der Waals surface area contributed by atoms with Crippen LogP contribution in [-0.2, 0) is 28.4 Å². The molecule has 3 aromatic rings. The molecule has 0 aliphatic heterocycles. The van der Waals surface area contributed by atoms with E-state index in [1.807, 2.05) is 32.0 Å². The van der Waals surface area contributed by atoms with Crippen LogP contribution < -0.4 is 9.62 Å². The molecule has 3 rings (SSSR count). The molecule has 0 saturated heterocycles. The van der Waals surface area contributed by atoms with Crippen molar-refractivity contribution in [2.24, 2.45) is 7.05 Å². The van der Waals surface area contributed by atoms with Gasteiger partial charge in [-0.2, -0.15) is 0 Å². The zero-order valence-electron chi connectivity index (χ0n) is 18.2. The first-order valence-electron chi connectivity index (χ1n) is 9.66. The fourth-order valence-electron chi connectivity index (χ4n) is 2.95. The summed E-state index contributed by atoms with van der Waals surface area (Å²) in [7, 11) is -1.95. The molecule has 1 amide bonds. The zero-order valence-corrected chi connectivity index (χ0v) is 19.8. The predicted molar refractivity (Wildman–Crippen MR) is 124 cm³/mol. The van der Waals surface area contributed by atoms with Gasteiger partial charge in [-0.1, -0.05) is 23.9 Å². The van der Waals surface area contributed by atoms with Crippen molar-refractivity contribution < 1.29 is 17.6 Å². The molecule has 0 unspecified atom stereocenters. The molecule has 0 saturated carbocycles. The van der Waals surface area contributed by atoms with Crippen LogP contribution in [0.5, 0.6) is 0 Å². The monoisotopic (exact) mass is 477 g/mol. The highest BCUT2D eigenvalue weighted by Crippen LogP contribution is 2.23. The summed E-state index contributed by atoms with van der Waals surface area (Å²) < 4.78 is 40.6. The van der Waals surface area contributed by atoms with Gasteiger partial charge >= 0.3 is 0 Å². The number of sulfonamides is 1. The maximum absolute atomic E-state index is 13.2. The first-order chi connectivity index (χ1) is 15.1. The van der Waals surface area contributed by atoms with E-state index in [1.165, 1.54) is 36.0 Å². The number of rotatable bonds is 8. The number of carbonyl (C=O) groups is 1. The number of hydrogen-bond acceptors (Lipinski definition) is 6. The smallest absolute Gasteiger partial charge is 0.234 e. The molecule has 2 aromatic carbocycles. The molecule has 1 N–H and O–H groups in total. The van der Waals surface area contributed by atoms with Crippen LogP contribution in [-0.4, -0.2) is 41.1 Å². The Balaban J connectivity index is 1.69. The summed E-state index contributed by atoms with van der Waals surface area (Å²) in [5.74, 6) is -0.138. The van der Waals surface area contributed by atoms with E-state index in [0.29, 0.717) is 16.7 Å². The summed E-state index contributed by atoms with van der Waals surface area (Å²) >= 11 is 1.20. The van der Waals surface area contributed by atoms with Gasteiger partial charge in [0.1, 0.15) is 5.82 Å². The van der Waals surface area contributed by atoms with Gasteiger partial charge in [0.25, 0.3) is 0 Å². The Morgan fingerprint density at radius 2 is 1.84 bits per heavy atom. The van der Waals surface area contributed by atoms with Gasteiger partial charge in [-0.25, -0.2) is 12.8 Å². The van der Waals surface area contributed by atoms with Gasteiger partial charge in [-0.3, -0.25) is 9.10 Å². The molecule has 0 spiro atoms. The van der Waals surface area contributed by atoms with Crippen LogP contribution in [0.3, 0.4) is 0 Å². The molecule has 1 heterocycles. The Hall–Kier alpha value is -2.92. The van der Waals surface area contributed by atoms with Crippen LogP contribution in [0.2, 0.25) is 0 Å². The van der Waals surface area contributed by atoms with E-state index in [9.17, 15) is 17.6 Å². The van der Waals surface area contributed by atoms with Crippen LogP contribution in [0, 0.1) is 19.7 Å². The number of amides is 1. The summed E-state index contributed by atoms with van der Waals surface area (Å²) in [6, 6.07) is 10.9. The lowest BCUT2D eigenvalue weighted by Gasteiger charge is -2.21. The van der Waals surface area contributed by atoms with E-state index in [1.54, 1.807) is 11.6 Å². The van der Waals surface area contributed by atoms with Crippen molar-refractivity contribution in [3.63, 3.8) is 0 Å². The molecule has 0 fully saturated rings. The normalized spacial score (nSPS) is 11.4. The number of benzene rings is 2. The highest BCUT2D eigenvalue weighted by Gasteiger charge is 2.22. The maximum Gasteiger partial charge on any atom is 0.234 e. The average molecular weight is 478 g/mol. The molecule has 8 nitrogen and oxygen atoms in total. The molecule has 0 bridgehead atoms. The Morgan fingerprint density at radius 3 is 2.50 bits per heavy atom. The summed E-state index contributed by atoms with van der Waals surface area (Å²) in [5, 5.41) is 11.5. The Kier molecular flexibility index (Phi) is 7.19. The van der Waals surface area contributed by atoms with Gasteiger partial charge in [-0.05, 0) is 55.3 Å². The second-order valence-electron chi connectivity index (χ2n) is 7.29. The number of aryl methyl sites for hydroxylation is 1. The number of nitrogens with zero attached hydrogens (tertiary/aromatic N) is 4.